The summed E-state index contributed by atoms with van der Waals surface area (Å²) in [5.74, 6) is 0. The molecular weight excluding hydrogens is 226 g/mol. The van der Waals surface area contributed by atoms with E-state index >= 15 is 0 Å². The number of ether oxygens (including phenoxy) is 1. The summed E-state index contributed by atoms with van der Waals surface area (Å²) in [7, 11) is 1.78. The van der Waals surface area contributed by atoms with Gasteiger partial charge in [0.2, 0.25) is 0 Å². The van der Waals surface area contributed by atoms with Crippen LogP contribution in [0.4, 0.5) is 0 Å². The third kappa shape index (κ3) is 3.56. The van der Waals surface area contributed by atoms with Crippen molar-refractivity contribution in [1.82, 2.24) is 15.1 Å². The van der Waals surface area contributed by atoms with Gasteiger partial charge < -0.3 is 10.1 Å². The van der Waals surface area contributed by atoms with Gasteiger partial charge in [-0.2, -0.15) is 5.10 Å². The number of rotatable bonds is 8. The van der Waals surface area contributed by atoms with Crippen LogP contribution in [-0.4, -0.2) is 30.0 Å². The Balaban J connectivity index is 1.71. The predicted molar refractivity (Wildman–Crippen MR) is 72.5 cm³/mol. The Hall–Kier alpha value is -0.870. The predicted octanol–water partition coefficient (Wildman–Crippen LogP) is 2.37. The van der Waals surface area contributed by atoms with Crippen molar-refractivity contribution >= 4 is 0 Å². The minimum absolute atomic E-state index is 0.440. The fourth-order valence-corrected chi connectivity index (χ4v) is 2.23. The lowest BCUT2D eigenvalue weighted by molar-refractivity contribution is 0.171. The van der Waals surface area contributed by atoms with E-state index < -0.39 is 0 Å². The molecule has 102 valence electrons. The van der Waals surface area contributed by atoms with Gasteiger partial charge in [0, 0.05) is 44.6 Å². The zero-order chi connectivity index (χ0) is 13.0. The van der Waals surface area contributed by atoms with E-state index in [4.69, 9.17) is 4.74 Å². The van der Waals surface area contributed by atoms with Crippen LogP contribution in [0.1, 0.15) is 44.7 Å². The molecule has 1 heterocycles. The van der Waals surface area contributed by atoms with Crippen LogP contribution < -0.4 is 5.32 Å². The molecule has 4 nitrogen and oxygen atoms in total. The van der Waals surface area contributed by atoms with Gasteiger partial charge in [-0.25, -0.2) is 0 Å². The Labute approximate surface area is 110 Å². The van der Waals surface area contributed by atoms with Crippen LogP contribution >= 0.6 is 0 Å². The minimum atomic E-state index is 0.440. The molecule has 18 heavy (non-hydrogen) atoms. The second-order valence-corrected chi connectivity index (χ2v) is 5.77. The number of hydrogen-bond donors (Lipinski definition) is 1. The molecule has 0 amide bonds. The molecule has 0 radical (unpaired) electrons. The molecule has 1 aromatic rings. The highest BCUT2D eigenvalue weighted by atomic mass is 16.5. The maximum absolute atomic E-state index is 5.17. The van der Waals surface area contributed by atoms with E-state index in [9.17, 15) is 0 Å². The van der Waals surface area contributed by atoms with Crippen LogP contribution in [-0.2, 0) is 11.3 Å². The van der Waals surface area contributed by atoms with Crippen LogP contribution in [0.3, 0.4) is 0 Å². The van der Waals surface area contributed by atoms with Crippen molar-refractivity contribution in [3.05, 3.63) is 18.0 Å². The Bertz CT molecular complexity index is 369. The number of aromatic nitrogens is 2. The van der Waals surface area contributed by atoms with Gasteiger partial charge in [-0.05, 0) is 38.5 Å². The highest BCUT2D eigenvalue weighted by Gasteiger charge is 2.41. The molecule has 1 saturated carbocycles. The van der Waals surface area contributed by atoms with Gasteiger partial charge in [-0.3, -0.25) is 4.68 Å². The van der Waals surface area contributed by atoms with E-state index in [0.29, 0.717) is 11.5 Å². The second kappa shape index (κ2) is 5.85. The molecule has 1 aliphatic rings. The maximum atomic E-state index is 5.17. The molecule has 0 atom stereocenters. The van der Waals surface area contributed by atoms with E-state index in [1.165, 1.54) is 24.8 Å². The molecule has 2 rings (SSSR count). The highest BCUT2D eigenvalue weighted by molar-refractivity contribution is 5.04. The van der Waals surface area contributed by atoms with E-state index in [1.54, 1.807) is 7.11 Å². The summed E-state index contributed by atoms with van der Waals surface area (Å²) in [4.78, 5) is 0. The molecular formula is C14H25N3O. The Morgan fingerprint density at radius 2 is 2.28 bits per heavy atom. The second-order valence-electron chi connectivity index (χ2n) is 5.77. The number of hydrogen-bond acceptors (Lipinski definition) is 3. The fourth-order valence-electron chi connectivity index (χ4n) is 2.23. The number of nitrogens with zero attached hydrogens (tertiary/aromatic N) is 2. The van der Waals surface area contributed by atoms with Gasteiger partial charge in [-0.1, -0.05) is 0 Å². The summed E-state index contributed by atoms with van der Waals surface area (Å²) in [5.41, 5.74) is 1.79. The molecule has 0 spiro atoms. The van der Waals surface area contributed by atoms with E-state index in [2.05, 4.69) is 30.5 Å². The van der Waals surface area contributed by atoms with Crippen LogP contribution in [0.5, 0.6) is 0 Å². The van der Waals surface area contributed by atoms with E-state index in [1.807, 2.05) is 10.9 Å². The van der Waals surface area contributed by atoms with Crippen molar-refractivity contribution in [3.8, 4) is 0 Å². The SMILES string of the molecule is COCCC1(CNCc2cnn(C(C)C)c2)CC1. The summed E-state index contributed by atoms with van der Waals surface area (Å²) in [6.45, 7) is 7.19. The van der Waals surface area contributed by atoms with Gasteiger partial charge in [0.1, 0.15) is 0 Å². The first-order valence-corrected chi connectivity index (χ1v) is 6.88. The average Bonchev–Trinajstić information content (AvgIpc) is 2.94. The standard InChI is InChI=1S/C14H25N3O/c1-12(2)17-10-13(9-16-17)8-15-11-14(4-5-14)6-7-18-3/h9-10,12,15H,4-8,11H2,1-3H3. The smallest absolute Gasteiger partial charge is 0.0534 e. The zero-order valence-electron chi connectivity index (χ0n) is 11.8. The largest absolute Gasteiger partial charge is 0.385 e. The molecule has 1 aromatic heterocycles. The van der Waals surface area contributed by atoms with Crippen molar-refractivity contribution < 1.29 is 4.74 Å². The first kappa shape index (κ1) is 13.6. The molecule has 0 bridgehead atoms. The van der Waals surface area contributed by atoms with Crippen molar-refractivity contribution in [2.75, 3.05) is 20.3 Å². The topological polar surface area (TPSA) is 39.1 Å². The number of methoxy groups -OCH3 is 1. The van der Waals surface area contributed by atoms with Gasteiger partial charge in [0.25, 0.3) is 0 Å². The van der Waals surface area contributed by atoms with Crippen LogP contribution in [0.2, 0.25) is 0 Å². The molecule has 0 unspecified atom stereocenters. The van der Waals surface area contributed by atoms with Gasteiger partial charge in [-0.15, -0.1) is 0 Å². The lowest BCUT2D eigenvalue weighted by atomic mass is 10.0. The van der Waals surface area contributed by atoms with Gasteiger partial charge in [0.05, 0.1) is 6.20 Å². The van der Waals surface area contributed by atoms with Crippen molar-refractivity contribution in [2.24, 2.45) is 5.41 Å². The van der Waals surface area contributed by atoms with Crippen LogP contribution in [0.15, 0.2) is 12.4 Å². The molecule has 0 aliphatic heterocycles. The first-order valence-electron chi connectivity index (χ1n) is 6.88. The quantitative estimate of drug-likeness (QED) is 0.771. The Kier molecular flexibility index (Phi) is 4.40. The maximum Gasteiger partial charge on any atom is 0.0534 e. The zero-order valence-corrected chi connectivity index (χ0v) is 11.8. The molecule has 1 N–H and O–H groups in total. The van der Waals surface area contributed by atoms with Gasteiger partial charge in [0.15, 0.2) is 0 Å². The van der Waals surface area contributed by atoms with Crippen LogP contribution in [0.25, 0.3) is 0 Å². The van der Waals surface area contributed by atoms with Crippen molar-refractivity contribution in [1.29, 1.82) is 0 Å². The molecule has 0 saturated heterocycles. The van der Waals surface area contributed by atoms with E-state index in [0.717, 1.165) is 19.7 Å². The summed E-state index contributed by atoms with van der Waals surface area (Å²) in [6, 6.07) is 0.440. The molecule has 1 aliphatic carbocycles. The molecule has 0 aromatic carbocycles. The Morgan fingerprint density at radius 3 is 2.83 bits per heavy atom. The van der Waals surface area contributed by atoms with Crippen molar-refractivity contribution in [3.63, 3.8) is 0 Å². The van der Waals surface area contributed by atoms with E-state index in [-0.39, 0.29) is 0 Å². The third-order valence-corrected chi connectivity index (χ3v) is 3.81. The summed E-state index contributed by atoms with van der Waals surface area (Å²) < 4.78 is 7.18. The fraction of sp³-hybridized carbons (Fsp3) is 0.786. The summed E-state index contributed by atoms with van der Waals surface area (Å²) >= 11 is 0. The lowest BCUT2D eigenvalue weighted by Crippen LogP contribution is -2.24. The van der Waals surface area contributed by atoms with Gasteiger partial charge >= 0.3 is 0 Å². The van der Waals surface area contributed by atoms with Crippen molar-refractivity contribution in [2.45, 2.75) is 45.7 Å². The third-order valence-electron chi connectivity index (χ3n) is 3.81. The molecule has 4 heteroatoms. The highest BCUT2D eigenvalue weighted by Crippen LogP contribution is 2.48. The first-order chi connectivity index (χ1) is 8.65. The normalized spacial score (nSPS) is 17.3. The van der Waals surface area contributed by atoms with Crippen LogP contribution in [0, 0.1) is 5.41 Å². The average molecular weight is 251 g/mol. The monoisotopic (exact) mass is 251 g/mol. The molecule has 1 fully saturated rings. The summed E-state index contributed by atoms with van der Waals surface area (Å²) in [6.07, 6.45) is 7.96. The summed E-state index contributed by atoms with van der Waals surface area (Å²) in [5, 5.41) is 7.91. The lowest BCUT2D eigenvalue weighted by Gasteiger charge is -2.14. The Morgan fingerprint density at radius 1 is 1.50 bits per heavy atom. The number of nitrogens with one attached hydrogen (secondary N) is 1. The minimum Gasteiger partial charge on any atom is -0.385 e.